The molecule has 1 aliphatic rings. The van der Waals surface area contributed by atoms with Gasteiger partial charge in [-0.25, -0.2) is 9.37 Å². The van der Waals surface area contributed by atoms with Crippen LogP contribution in [0.1, 0.15) is 24.0 Å². The molecule has 0 atom stereocenters. The second kappa shape index (κ2) is 7.25. The lowest BCUT2D eigenvalue weighted by molar-refractivity contribution is -0.385. The van der Waals surface area contributed by atoms with E-state index < -0.39 is 4.92 Å². The van der Waals surface area contributed by atoms with E-state index >= 15 is 0 Å². The Kier molecular flexibility index (Phi) is 4.87. The third-order valence-corrected chi connectivity index (χ3v) is 4.12. The van der Waals surface area contributed by atoms with Gasteiger partial charge in [-0.05, 0) is 43.5 Å². The molecule has 0 aliphatic carbocycles. The van der Waals surface area contributed by atoms with Crippen molar-refractivity contribution >= 4 is 23.4 Å². The van der Waals surface area contributed by atoms with Crippen LogP contribution in [0.3, 0.4) is 0 Å². The van der Waals surface area contributed by atoms with E-state index in [-0.39, 0.29) is 11.5 Å². The van der Waals surface area contributed by atoms with Gasteiger partial charge < -0.3 is 4.90 Å². The molecule has 1 N–H and O–H groups in total. The number of aryl methyl sites for hydroxylation is 1. The monoisotopic (exact) mass is 343 g/mol. The molecule has 130 valence electrons. The molecule has 1 aromatic heterocycles. The van der Waals surface area contributed by atoms with Crippen molar-refractivity contribution in [2.75, 3.05) is 23.4 Å². The van der Waals surface area contributed by atoms with Crippen molar-refractivity contribution in [3.8, 4) is 0 Å². The van der Waals surface area contributed by atoms with Crippen LogP contribution in [0.15, 0.2) is 35.6 Å². The van der Waals surface area contributed by atoms with Gasteiger partial charge in [-0.2, -0.15) is 5.10 Å². The molecule has 0 bridgehead atoms. The van der Waals surface area contributed by atoms with Gasteiger partial charge in [-0.1, -0.05) is 0 Å². The van der Waals surface area contributed by atoms with Crippen LogP contribution in [0.2, 0.25) is 0 Å². The SMILES string of the molecule is Cc1cc(N2CCCC2)c(F)cc1C=NNc1ccc([N+](=O)[O-])cn1. The van der Waals surface area contributed by atoms with Gasteiger partial charge in [0.15, 0.2) is 0 Å². The Labute approximate surface area is 144 Å². The maximum Gasteiger partial charge on any atom is 0.287 e. The number of anilines is 2. The Hall–Kier alpha value is -3.03. The molecule has 25 heavy (non-hydrogen) atoms. The molecule has 1 fully saturated rings. The molecule has 1 aliphatic heterocycles. The van der Waals surface area contributed by atoms with Crippen LogP contribution in [0.25, 0.3) is 0 Å². The summed E-state index contributed by atoms with van der Waals surface area (Å²) in [6.45, 7) is 3.68. The van der Waals surface area contributed by atoms with E-state index in [0.29, 0.717) is 17.1 Å². The lowest BCUT2D eigenvalue weighted by atomic mass is 10.1. The summed E-state index contributed by atoms with van der Waals surface area (Å²) in [5.74, 6) is 0.107. The van der Waals surface area contributed by atoms with E-state index in [1.807, 2.05) is 13.0 Å². The van der Waals surface area contributed by atoms with E-state index in [1.165, 1.54) is 24.4 Å². The Morgan fingerprint density at radius 1 is 1.36 bits per heavy atom. The van der Waals surface area contributed by atoms with Crippen molar-refractivity contribution in [1.29, 1.82) is 0 Å². The lowest BCUT2D eigenvalue weighted by Crippen LogP contribution is -2.19. The average molecular weight is 343 g/mol. The summed E-state index contributed by atoms with van der Waals surface area (Å²) in [6.07, 6.45) is 4.84. The Bertz CT molecular complexity index is 801. The van der Waals surface area contributed by atoms with E-state index in [0.717, 1.165) is 37.7 Å². The number of hydrazone groups is 1. The Balaban J connectivity index is 1.70. The molecule has 0 saturated carbocycles. The third kappa shape index (κ3) is 3.90. The van der Waals surface area contributed by atoms with Crippen molar-refractivity contribution in [1.82, 2.24) is 4.98 Å². The number of hydrogen-bond donors (Lipinski definition) is 1. The molecule has 3 rings (SSSR count). The van der Waals surface area contributed by atoms with Gasteiger partial charge in [0.25, 0.3) is 5.69 Å². The molecule has 2 aromatic rings. The summed E-state index contributed by atoms with van der Waals surface area (Å²) >= 11 is 0. The second-order valence-electron chi connectivity index (χ2n) is 5.88. The van der Waals surface area contributed by atoms with Crippen LogP contribution >= 0.6 is 0 Å². The zero-order valence-electron chi connectivity index (χ0n) is 13.8. The van der Waals surface area contributed by atoms with Crippen LogP contribution < -0.4 is 10.3 Å². The molecular formula is C17H18FN5O2. The fraction of sp³-hybridized carbons (Fsp3) is 0.294. The number of halogens is 1. The van der Waals surface area contributed by atoms with Crippen molar-refractivity contribution in [3.63, 3.8) is 0 Å². The first kappa shape index (κ1) is 16.8. The minimum absolute atomic E-state index is 0.0926. The van der Waals surface area contributed by atoms with Gasteiger partial charge in [0.1, 0.15) is 17.8 Å². The molecule has 0 unspecified atom stereocenters. The first-order valence-corrected chi connectivity index (χ1v) is 7.99. The highest BCUT2D eigenvalue weighted by molar-refractivity contribution is 5.83. The first-order valence-electron chi connectivity index (χ1n) is 7.99. The smallest absolute Gasteiger partial charge is 0.287 e. The fourth-order valence-electron chi connectivity index (χ4n) is 2.75. The highest BCUT2D eigenvalue weighted by Gasteiger charge is 2.17. The van der Waals surface area contributed by atoms with Crippen LogP contribution in [0.4, 0.5) is 21.6 Å². The topological polar surface area (TPSA) is 83.7 Å². The average Bonchev–Trinajstić information content (AvgIpc) is 3.12. The molecule has 8 heteroatoms. The molecule has 7 nitrogen and oxygen atoms in total. The van der Waals surface area contributed by atoms with Crippen LogP contribution in [0, 0.1) is 22.9 Å². The van der Waals surface area contributed by atoms with E-state index in [1.54, 1.807) is 0 Å². The van der Waals surface area contributed by atoms with Gasteiger partial charge in [-0.3, -0.25) is 15.5 Å². The predicted molar refractivity (Wildman–Crippen MR) is 94.7 cm³/mol. The normalized spacial score (nSPS) is 14.2. The molecule has 2 heterocycles. The zero-order chi connectivity index (χ0) is 17.8. The van der Waals surface area contributed by atoms with Crippen molar-refractivity contribution < 1.29 is 9.31 Å². The van der Waals surface area contributed by atoms with Crippen molar-refractivity contribution in [3.05, 3.63) is 57.5 Å². The minimum atomic E-state index is -0.520. The van der Waals surface area contributed by atoms with Gasteiger partial charge >= 0.3 is 0 Å². The van der Waals surface area contributed by atoms with E-state index in [4.69, 9.17) is 0 Å². The number of pyridine rings is 1. The molecule has 1 saturated heterocycles. The minimum Gasteiger partial charge on any atom is -0.369 e. The van der Waals surface area contributed by atoms with Gasteiger partial charge in [0.05, 0.1) is 16.8 Å². The summed E-state index contributed by atoms with van der Waals surface area (Å²) in [5.41, 5.74) is 4.81. The van der Waals surface area contributed by atoms with Crippen LogP contribution in [-0.2, 0) is 0 Å². The van der Waals surface area contributed by atoms with Gasteiger partial charge in [0.2, 0.25) is 0 Å². The van der Waals surface area contributed by atoms with Gasteiger partial charge in [-0.15, -0.1) is 0 Å². The number of nitrogens with one attached hydrogen (secondary N) is 1. The lowest BCUT2D eigenvalue weighted by Gasteiger charge is -2.19. The van der Waals surface area contributed by atoms with Crippen molar-refractivity contribution in [2.24, 2.45) is 5.10 Å². The standard InChI is InChI=1S/C17H18FN5O2/c1-12-8-16(22-6-2-3-7-22)15(18)9-13(12)10-20-21-17-5-4-14(11-19-17)23(24)25/h4-5,8-11H,2-3,6-7H2,1H3,(H,19,21). The summed E-state index contributed by atoms with van der Waals surface area (Å²) in [5, 5.41) is 14.6. The molecule has 0 radical (unpaired) electrons. The molecule has 1 aromatic carbocycles. The quantitative estimate of drug-likeness (QED) is 0.510. The number of benzene rings is 1. The van der Waals surface area contributed by atoms with E-state index in [9.17, 15) is 14.5 Å². The predicted octanol–water partition coefficient (Wildman–Crippen LogP) is 3.48. The zero-order valence-corrected chi connectivity index (χ0v) is 13.8. The molecule has 0 spiro atoms. The summed E-state index contributed by atoms with van der Waals surface area (Å²) in [6, 6.07) is 6.10. The Morgan fingerprint density at radius 3 is 2.76 bits per heavy atom. The van der Waals surface area contributed by atoms with Gasteiger partial charge in [0, 0.05) is 24.7 Å². The fourth-order valence-corrected chi connectivity index (χ4v) is 2.75. The maximum atomic E-state index is 14.4. The summed E-state index contributed by atoms with van der Waals surface area (Å²) in [7, 11) is 0. The van der Waals surface area contributed by atoms with Crippen LogP contribution in [0.5, 0.6) is 0 Å². The number of nitrogens with zero attached hydrogens (tertiary/aromatic N) is 4. The third-order valence-electron chi connectivity index (χ3n) is 4.12. The summed E-state index contributed by atoms with van der Waals surface area (Å²) < 4.78 is 14.4. The molecule has 0 amide bonds. The van der Waals surface area contributed by atoms with Crippen molar-refractivity contribution in [2.45, 2.75) is 19.8 Å². The summed E-state index contributed by atoms with van der Waals surface area (Å²) in [4.78, 5) is 16.0. The van der Waals surface area contributed by atoms with E-state index in [2.05, 4.69) is 20.4 Å². The highest BCUT2D eigenvalue weighted by Crippen LogP contribution is 2.26. The highest BCUT2D eigenvalue weighted by atomic mass is 19.1. The second-order valence-corrected chi connectivity index (χ2v) is 5.88. The number of nitro groups is 1. The number of hydrogen-bond acceptors (Lipinski definition) is 6. The Morgan fingerprint density at radius 2 is 2.12 bits per heavy atom. The maximum absolute atomic E-state index is 14.4. The van der Waals surface area contributed by atoms with Crippen LogP contribution in [-0.4, -0.2) is 29.2 Å². The molecular weight excluding hydrogens is 325 g/mol. The number of aromatic nitrogens is 1. The number of rotatable bonds is 5. The first-order chi connectivity index (χ1) is 12.0. The largest absolute Gasteiger partial charge is 0.369 e.